The number of hydrogen-bond donors (Lipinski definition) is 1. The third-order valence-electron chi connectivity index (χ3n) is 4.66. The summed E-state index contributed by atoms with van der Waals surface area (Å²) in [6.07, 6.45) is 4.37. The van der Waals surface area contributed by atoms with Crippen molar-refractivity contribution in [3.63, 3.8) is 0 Å². The fourth-order valence-corrected chi connectivity index (χ4v) is 3.56. The van der Waals surface area contributed by atoms with Gasteiger partial charge in [0.2, 0.25) is 0 Å². The third-order valence-corrected chi connectivity index (χ3v) is 4.66. The van der Waals surface area contributed by atoms with E-state index < -0.39 is 0 Å². The lowest BCUT2D eigenvalue weighted by atomic mass is 9.87. The number of aromatic nitrogens is 2. The van der Waals surface area contributed by atoms with Crippen LogP contribution in [0.1, 0.15) is 30.9 Å². The molecule has 0 fully saturated rings. The topological polar surface area (TPSA) is 55.0 Å². The van der Waals surface area contributed by atoms with Gasteiger partial charge in [0.1, 0.15) is 11.6 Å². The monoisotopic (exact) mass is 320 g/mol. The zero-order valence-corrected chi connectivity index (χ0v) is 13.8. The number of nitrogens with zero attached hydrogens (tertiary/aromatic N) is 1. The number of hydrogen-bond acceptors (Lipinski definition) is 3. The summed E-state index contributed by atoms with van der Waals surface area (Å²) < 4.78 is 5.80. The molecule has 1 aromatic heterocycles. The second-order valence-electron chi connectivity index (χ2n) is 6.14. The number of aromatic amines is 1. The Morgan fingerprint density at radius 2 is 1.88 bits per heavy atom. The summed E-state index contributed by atoms with van der Waals surface area (Å²) in [5, 5.41) is 0.626. The van der Waals surface area contributed by atoms with Crippen LogP contribution in [-0.2, 0) is 12.8 Å². The van der Waals surface area contributed by atoms with Gasteiger partial charge in [-0.15, -0.1) is 0 Å². The van der Waals surface area contributed by atoms with Crippen molar-refractivity contribution in [1.82, 2.24) is 9.97 Å². The quantitative estimate of drug-likeness (QED) is 0.797. The molecule has 0 saturated heterocycles. The van der Waals surface area contributed by atoms with Crippen molar-refractivity contribution in [3.05, 3.63) is 57.9 Å². The Morgan fingerprint density at radius 3 is 2.71 bits per heavy atom. The molecular formula is C20H20N2O2. The van der Waals surface area contributed by atoms with Crippen molar-refractivity contribution in [1.29, 1.82) is 0 Å². The summed E-state index contributed by atoms with van der Waals surface area (Å²) in [5.41, 5.74) is 4.21. The van der Waals surface area contributed by atoms with Crippen LogP contribution < -0.4 is 10.3 Å². The largest absolute Gasteiger partial charge is 0.494 e. The van der Waals surface area contributed by atoms with Crippen molar-refractivity contribution >= 4 is 10.9 Å². The fourth-order valence-electron chi connectivity index (χ4n) is 3.56. The average Bonchev–Trinajstić information content (AvgIpc) is 2.62. The maximum absolute atomic E-state index is 12.4. The van der Waals surface area contributed by atoms with E-state index in [1.807, 2.05) is 37.3 Å². The summed E-state index contributed by atoms with van der Waals surface area (Å²) in [5.74, 6) is 1.62. The van der Waals surface area contributed by atoms with Gasteiger partial charge in [-0.2, -0.15) is 0 Å². The molecule has 0 unspecified atom stereocenters. The molecule has 0 amide bonds. The van der Waals surface area contributed by atoms with E-state index >= 15 is 0 Å². The van der Waals surface area contributed by atoms with Crippen LogP contribution in [0.5, 0.6) is 5.75 Å². The van der Waals surface area contributed by atoms with E-state index in [9.17, 15) is 4.79 Å². The summed E-state index contributed by atoms with van der Waals surface area (Å²) in [6, 6.07) is 11.5. The second kappa shape index (κ2) is 6.11. The lowest BCUT2D eigenvalue weighted by molar-refractivity contribution is 0.334. The molecule has 0 aliphatic heterocycles. The molecule has 3 aromatic rings. The van der Waals surface area contributed by atoms with Gasteiger partial charge in [0.05, 0.1) is 17.5 Å². The first-order chi connectivity index (χ1) is 11.8. The van der Waals surface area contributed by atoms with Gasteiger partial charge in [-0.3, -0.25) is 4.79 Å². The zero-order chi connectivity index (χ0) is 16.5. The minimum absolute atomic E-state index is 0.0888. The predicted octanol–water partition coefficient (Wildman–Crippen LogP) is 3.87. The smallest absolute Gasteiger partial charge is 0.259 e. The van der Waals surface area contributed by atoms with E-state index in [-0.39, 0.29) is 5.56 Å². The molecule has 0 spiro atoms. The van der Waals surface area contributed by atoms with Gasteiger partial charge in [0.15, 0.2) is 0 Å². The standard InChI is InChI=1S/C20H20N2O2/c1-2-24-18-12-11-15(13-7-3-4-8-14(13)18)19-21-17-10-6-5-9-16(17)20(23)22-19/h5-6,9-12H,2-4,7-8H2,1H3,(H,21,22,23). The summed E-state index contributed by atoms with van der Waals surface area (Å²) in [6.45, 7) is 2.67. The first kappa shape index (κ1) is 14.9. The number of fused-ring (bicyclic) bond motifs is 2. The third kappa shape index (κ3) is 2.48. The maximum Gasteiger partial charge on any atom is 0.259 e. The van der Waals surface area contributed by atoms with E-state index in [1.165, 1.54) is 17.5 Å². The van der Waals surface area contributed by atoms with Gasteiger partial charge in [0.25, 0.3) is 5.56 Å². The second-order valence-corrected chi connectivity index (χ2v) is 6.14. The number of H-pyrrole nitrogens is 1. The molecule has 0 radical (unpaired) electrons. The minimum Gasteiger partial charge on any atom is -0.494 e. The molecule has 1 aliphatic rings. The Hall–Kier alpha value is -2.62. The molecule has 24 heavy (non-hydrogen) atoms. The van der Waals surface area contributed by atoms with Crippen molar-refractivity contribution in [2.75, 3.05) is 6.61 Å². The molecule has 122 valence electrons. The SMILES string of the molecule is CCOc1ccc(-c2nc3ccccc3c(=O)[nH]2)c2c1CCCC2. The number of benzene rings is 2. The summed E-state index contributed by atoms with van der Waals surface area (Å²) in [7, 11) is 0. The number of ether oxygens (including phenoxy) is 1. The highest BCUT2D eigenvalue weighted by molar-refractivity contribution is 5.80. The molecule has 4 nitrogen and oxygen atoms in total. The highest BCUT2D eigenvalue weighted by Crippen LogP contribution is 2.36. The van der Waals surface area contributed by atoms with E-state index in [0.717, 1.165) is 36.1 Å². The predicted molar refractivity (Wildman–Crippen MR) is 95.6 cm³/mol. The van der Waals surface area contributed by atoms with Crippen LogP contribution in [0.2, 0.25) is 0 Å². The number of para-hydroxylation sites is 1. The van der Waals surface area contributed by atoms with Gasteiger partial charge in [-0.05, 0) is 68.0 Å². The van der Waals surface area contributed by atoms with Crippen LogP contribution in [-0.4, -0.2) is 16.6 Å². The Balaban J connectivity index is 1.92. The van der Waals surface area contributed by atoms with Crippen molar-refractivity contribution in [2.24, 2.45) is 0 Å². The summed E-state index contributed by atoms with van der Waals surface area (Å²) in [4.78, 5) is 20.0. The minimum atomic E-state index is -0.0888. The summed E-state index contributed by atoms with van der Waals surface area (Å²) >= 11 is 0. The highest BCUT2D eigenvalue weighted by atomic mass is 16.5. The first-order valence-electron chi connectivity index (χ1n) is 8.55. The molecule has 0 atom stereocenters. The highest BCUT2D eigenvalue weighted by Gasteiger charge is 2.20. The molecule has 4 rings (SSSR count). The lowest BCUT2D eigenvalue weighted by Gasteiger charge is -2.22. The van der Waals surface area contributed by atoms with Gasteiger partial charge < -0.3 is 9.72 Å². The van der Waals surface area contributed by atoms with Gasteiger partial charge in [0, 0.05) is 5.56 Å². The Kier molecular flexibility index (Phi) is 3.81. The van der Waals surface area contributed by atoms with E-state index in [1.54, 1.807) is 6.07 Å². The van der Waals surface area contributed by atoms with Gasteiger partial charge in [-0.25, -0.2) is 4.98 Å². The molecule has 1 aliphatic carbocycles. The van der Waals surface area contributed by atoms with Crippen LogP contribution in [0.4, 0.5) is 0 Å². The van der Waals surface area contributed by atoms with Crippen LogP contribution in [0.15, 0.2) is 41.2 Å². The Labute approximate surface area is 140 Å². The van der Waals surface area contributed by atoms with E-state index in [2.05, 4.69) is 4.98 Å². The number of nitrogens with one attached hydrogen (secondary N) is 1. The van der Waals surface area contributed by atoms with Crippen LogP contribution >= 0.6 is 0 Å². The lowest BCUT2D eigenvalue weighted by Crippen LogP contribution is -2.12. The number of rotatable bonds is 3. The molecule has 1 N–H and O–H groups in total. The van der Waals surface area contributed by atoms with E-state index in [0.29, 0.717) is 17.8 Å². The Morgan fingerprint density at radius 1 is 1.08 bits per heavy atom. The van der Waals surface area contributed by atoms with E-state index in [4.69, 9.17) is 9.72 Å². The fraction of sp³-hybridized carbons (Fsp3) is 0.300. The zero-order valence-electron chi connectivity index (χ0n) is 13.8. The van der Waals surface area contributed by atoms with Gasteiger partial charge in [-0.1, -0.05) is 12.1 Å². The molecule has 4 heteroatoms. The van der Waals surface area contributed by atoms with Crippen LogP contribution in [0.25, 0.3) is 22.3 Å². The molecule has 0 saturated carbocycles. The maximum atomic E-state index is 12.4. The molecule has 1 heterocycles. The van der Waals surface area contributed by atoms with Crippen molar-refractivity contribution < 1.29 is 4.74 Å². The average molecular weight is 320 g/mol. The Bertz CT molecular complexity index is 960. The van der Waals surface area contributed by atoms with Crippen molar-refractivity contribution in [2.45, 2.75) is 32.6 Å². The molecule has 0 bridgehead atoms. The molecular weight excluding hydrogens is 300 g/mol. The van der Waals surface area contributed by atoms with Crippen molar-refractivity contribution in [3.8, 4) is 17.1 Å². The van der Waals surface area contributed by atoms with Crippen LogP contribution in [0, 0.1) is 0 Å². The van der Waals surface area contributed by atoms with Crippen LogP contribution in [0.3, 0.4) is 0 Å². The van der Waals surface area contributed by atoms with Gasteiger partial charge >= 0.3 is 0 Å². The first-order valence-corrected chi connectivity index (χ1v) is 8.55. The molecule has 2 aromatic carbocycles. The normalized spacial score (nSPS) is 13.7.